The van der Waals surface area contributed by atoms with Gasteiger partial charge in [0, 0.05) is 22.0 Å². The summed E-state index contributed by atoms with van der Waals surface area (Å²) in [5.74, 6) is 1.77. The number of ether oxygens (including phenoxy) is 2. The normalized spacial score (nSPS) is 19.1. The highest BCUT2D eigenvalue weighted by molar-refractivity contribution is 9.11. The van der Waals surface area contributed by atoms with Gasteiger partial charge in [-0.05, 0) is 64.3 Å². The fourth-order valence-corrected chi connectivity index (χ4v) is 5.55. The van der Waals surface area contributed by atoms with Crippen LogP contribution >= 0.6 is 31.9 Å². The fourth-order valence-electron chi connectivity index (χ4n) is 4.20. The van der Waals surface area contributed by atoms with Crippen LogP contribution in [0.3, 0.4) is 0 Å². The molecule has 2 atom stereocenters. The number of unbranched alkanes of at least 4 members (excludes halogenated alkanes) is 1. The van der Waals surface area contributed by atoms with E-state index in [9.17, 15) is 0 Å². The van der Waals surface area contributed by atoms with E-state index in [0.29, 0.717) is 0 Å². The Morgan fingerprint density at radius 3 is 2.59 bits per heavy atom. The summed E-state index contributed by atoms with van der Waals surface area (Å²) in [6.07, 6.45) is 2.70. The van der Waals surface area contributed by atoms with E-state index in [4.69, 9.17) is 14.6 Å². The summed E-state index contributed by atoms with van der Waals surface area (Å²) in [6, 6.07) is 22.9. The lowest BCUT2D eigenvalue weighted by Gasteiger charge is -2.38. The summed E-state index contributed by atoms with van der Waals surface area (Å²) < 4.78 is 14.4. The van der Waals surface area contributed by atoms with Crippen LogP contribution in [0.2, 0.25) is 0 Å². The van der Waals surface area contributed by atoms with E-state index >= 15 is 0 Å². The highest BCUT2D eigenvalue weighted by Crippen LogP contribution is 2.50. The van der Waals surface area contributed by atoms with Crippen LogP contribution < -0.4 is 9.47 Å². The number of halogens is 2. The highest BCUT2D eigenvalue weighted by Gasteiger charge is 2.41. The van der Waals surface area contributed by atoms with Crippen LogP contribution in [0.4, 0.5) is 0 Å². The molecular weight excluding hydrogens is 532 g/mol. The maximum absolute atomic E-state index is 6.55. The van der Waals surface area contributed by atoms with Crippen LogP contribution in [-0.2, 0) is 0 Å². The highest BCUT2D eigenvalue weighted by atomic mass is 79.9. The molecule has 6 heteroatoms. The Morgan fingerprint density at radius 1 is 1.06 bits per heavy atom. The van der Waals surface area contributed by atoms with E-state index < -0.39 is 0 Å². The lowest BCUT2D eigenvalue weighted by Crippen LogP contribution is -2.33. The van der Waals surface area contributed by atoms with Crippen LogP contribution in [0.25, 0.3) is 0 Å². The van der Waals surface area contributed by atoms with E-state index in [1.54, 1.807) is 0 Å². The first kappa shape index (κ1) is 21.5. The molecule has 3 aromatic carbocycles. The van der Waals surface area contributed by atoms with Crippen molar-refractivity contribution in [3.05, 3.63) is 92.4 Å². The SMILES string of the molecule is CCCCOc1ccc(C2Oc3c(Br)cc(Br)cc3C3CC(c4ccccc4)=NN32)cc1. The van der Waals surface area contributed by atoms with Gasteiger partial charge in [-0.3, -0.25) is 0 Å². The summed E-state index contributed by atoms with van der Waals surface area (Å²) in [5, 5.41) is 7.15. The van der Waals surface area contributed by atoms with Gasteiger partial charge in [0.05, 0.1) is 22.8 Å². The van der Waals surface area contributed by atoms with Crippen LogP contribution in [-0.4, -0.2) is 17.3 Å². The summed E-state index contributed by atoms with van der Waals surface area (Å²) in [6.45, 7) is 2.90. The summed E-state index contributed by atoms with van der Waals surface area (Å²) in [7, 11) is 0. The molecule has 0 spiro atoms. The zero-order valence-corrected chi connectivity index (χ0v) is 21.0. The molecule has 32 heavy (non-hydrogen) atoms. The van der Waals surface area contributed by atoms with Gasteiger partial charge in [0.1, 0.15) is 11.5 Å². The van der Waals surface area contributed by atoms with Gasteiger partial charge in [-0.1, -0.05) is 59.6 Å². The molecule has 2 heterocycles. The Balaban J connectivity index is 1.51. The standard InChI is InChI=1S/C26H24Br2N2O2/c1-2-3-13-31-20-11-9-18(10-12-20)26-30-24(16-23(29-30)17-7-5-4-6-8-17)21-14-19(27)15-22(28)25(21)32-26/h4-12,14-15,24,26H,2-3,13,16H2,1H3. The molecule has 0 radical (unpaired) electrons. The third-order valence-electron chi connectivity index (χ3n) is 5.85. The maximum Gasteiger partial charge on any atom is 0.213 e. The van der Waals surface area contributed by atoms with E-state index in [-0.39, 0.29) is 12.3 Å². The summed E-state index contributed by atoms with van der Waals surface area (Å²) in [4.78, 5) is 0. The minimum atomic E-state index is -0.309. The molecule has 5 rings (SSSR count). The molecular formula is C26H24Br2N2O2. The Bertz CT molecular complexity index is 1130. The molecule has 0 bridgehead atoms. The Hall–Kier alpha value is -2.31. The number of benzene rings is 3. The minimum Gasteiger partial charge on any atom is -0.494 e. The maximum atomic E-state index is 6.55. The van der Waals surface area contributed by atoms with Crippen LogP contribution in [0, 0.1) is 0 Å². The van der Waals surface area contributed by atoms with Gasteiger partial charge >= 0.3 is 0 Å². The number of fused-ring (bicyclic) bond motifs is 3. The quantitative estimate of drug-likeness (QED) is 0.293. The van der Waals surface area contributed by atoms with Gasteiger partial charge < -0.3 is 9.47 Å². The van der Waals surface area contributed by atoms with Crippen LogP contribution in [0.5, 0.6) is 11.5 Å². The van der Waals surface area contributed by atoms with E-state index in [0.717, 1.165) is 68.7 Å². The van der Waals surface area contributed by atoms with Gasteiger partial charge in [-0.25, -0.2) is 5.01 Å². The van der Waals surface area contributed by atoms with Crippen molar-refractivity contribution in [2.24, 2.45) is 5.10 Å². The number of hydrogen-bond acceptors (Lipinski definition) is 4. The molecule has 2 unspecified atom stereocenters. The topological polar surface area (TPSA) is 34.1 Å². The van der Waals surface area contributed by atoms with E-state index in [1.807, 2.05) is 24.3 Å². The molecule has 2 aliphatic rings. The monoisotopic (exact) mass is 554 g/mol. The molecule has 164 valence electrons. The fraction of sp³-hybridized carbons (Fsp3) is 0.269. The zero-order chi connectivity index (χ0) is 22.1. The second-order valence-electron chi connectivity index (χ2n) is 8.06. The molecule has 0 aromatic heterocycles. The third-order valence-corrected chi connectivity index (χ3v) is 6.89. The van der Waals surface area contributed by atoms with Crippen LogP contribution in [0.15, 0.2) is 80.8 Å². The Morgan fingerprint density at radius 2 is 1.84 bits per heavy atom. The summed E-state index contributed by atoms with van der Waals surface area (Å²) in [5.41, 5.74) is 4.41. The first-order chi connectivity index (χ1) is 15.6. The molecule has 0 saturated heterocycles. The van der Waals surface area contributed by atoms with Crippen LogP contribution in [0.1, 0.15) is 55.1 Å². The van der Waals surface area contributed by atoms with Crippen molar-refractivity contribution in [3.63, 3.8) is 0 Å². The van der Waals surface area contributed by atoms with Gasteiger partial charge in [-0.2, -0.15) is 5.10 Å². The van der Waals surface area contributed by atoms with E-state index in [2.05, 4.69) is 86.3 Å². The van der Waals surface area contributed by atoms with Gasteiger partial charge in [0.2, 0.25) is 6.23 Å². The molecule has 4 nitrogen and oxygen atoms in total. The lowest BCUT2D eigenvalue weighted by atomic mass is 9.96. The van der Waals surface area contributed by atoms with Crippen molar-refractivity contribution in [1.29, 1.82) is 0 Å². The van der Waals surface area contributed by atoms with Crippen molar-refractivity contribution in [1.82, 2.24) is 5.01 Å². The average Bonchev–Trinajstić information content (AvgIpc) is 3.26. The van der Waals surface area contributed by atoms with Gasteiger partial charge in [-0.15, -0.1) is 0 Å². The number of rotatable bonds is 6. The van der Waals surface area contributed by atoms with E-state index in [1.165, 1.54) is 0 Å². The third kappa shape index (κ3) is 4.18. The predicted molar refractivity (Wildman–Crippen MR) is 134 cm³/mol. The average molecular weight is 556 g/mol. The smallest absolute Gasteiger partial charge is 0.213 e. The Kier molecular flexibility index (Phi) is 6.24. The molecule has 3 aromatic rings. The molecule has 0 aliphatic carbocycles. The van der Waals surface area contributed by atoms with Crippen molar-refractivity contribution < 1.29 is 9.47 Å². The first-order valence-corrected chi connectivity index (χ1v) is 12.5. The largest absolute Gasteiger partial charge is 0.494 e. The van der Waals surface area contributed by atoms with Crippen molar-refractivity contribution in [3.8, 4) is 11.5 Å². The number of hydrogen-bond donors (Lipinski definition) is 0. The molecule has 2 aliphatic heterocycles. The molecule has 0 N–H and O–H groups in total. The molecule has 0 amide bonds. The number of nitrogens with zero attached hydrogens (tertiary/aromatic N) is 2. The molecule has 0 fully saturated rings. The first-order valence-electron chi connectivity index (χ1n) is 10.9. The predicted octanol–water partition coefficient (Wildman–Crippen LogP) is 7.63. The van der Waals surface area contributed by atoms with Crippen molar-refractivity contribution >= 4 is 37.6 Å². The van der Waals surface area contributed by atoms with Gasteiger partial charge in [0.25, 0.3) is 0 Å². The second-order valence-corrected chi connectivity index (χ2v) is 9.83. The van der Waals surface area contributed by atoms with Crippen molar-refractivity contribution in [2.45, 2.75) is 38.5 Å². The summed E-state index contributed by atoms with van der Waals surface area (Å²) >= 11 is 7.34. The molecule has 0 saturated carbocycles. The number of hydrazone groups is 1. The lowest BCUT2D eigenvalue weighted by molar-refractivity contribution is -0.0197. The zero-order valence-electron chi connectivity index (χ0n) is 17.8. The minimum absolute atomic E-state index is 0.105. The second kappa shape index (κ2) is 9.28. The Labute approximate surface area is 205 Å². The van der Waals surface area contributed by atoms with Crippen molar-refractivity contribution in [2.75, 3.05) is 6.61 Å². The van der Waals surface area contributed by atoms with Gasteiger partial charge in [0.15, 0.2) is 0 Å².